The zero-order chi connectivity index (χ0) is 17.8. The van der Waals surface area contributed by atoms with Crippen LogP contribution < -0.4 is 10.2 Å². The number of pyridine rings is 1. The van der Waals surface area contributed by atoms with E-state index in [2.05, 4.69) is 15.2 Å². The van der Waals surface area contributed by atoms with Crippen molar-refractivity contribution in [1.82, 2.24) is 4.98 Å². The van der Waals surface area contributed by atoms with E-state index in [1.54, 1.807) is 6.07 Å². The number of non-ortho nitro benzene ring substituents is 1. The van der Waals surface area contributed by atoms with Gasteiger partial charge in [0.1, 0.15) is 11.6 Å². The zero-order valence-corrected chi connectivity index (χ0v) is 13.8. The van der Waals surface area contributed by atoms with Crippen molar-refractivity contribution in [3.05, 3.63) is 57.6 Å². The van der Waals surface area contributed by atoms with E-state index in [-0.39, 0.29) is 11.6 Å². The number of nitro groups is 1. The Morgan fingerprint density at radius 3 is 2.52 bits per heavy atom. The van der Waals surface area contributed by atoms with Crippen molar-refractivity contribution in [1.29, 1.82) is 0 Å². The van der Waals surface area contributed by atoms with Gasteiger partial charge in [0.05, 0.1) is 18.1 Å². The molecule has 1 aromatic carbocycles. The molecule has 130 valence electrons. The molecule has 1 aromatic heterocycles. The lowest BCUT2D eigenvalue weighted by Gasteiger charge is -2.29. The maximum Gasteiger partial charge on any atom is 0.269 e. The first-order valence-corrected chi connectivity index (χ1v) is 7.91. The van der Waals surface area contributed by atoms with Crippen LogP contribution >= 0.6 is 0 Å². The van der Waals surface area contributed by atoms with Gasteiger partial charge in [-0.3, -0.25) is 14.9 Å². The van der Waals surface area contributed by atoms with Gasteiger partial charge < -0.3 is 15.0 Å². The molecule has 0 spiro atoms. The summed E-state index contributed by atoms with van der Waals surface area (Å²) in [4.78, 5) is 29.1. The molecule has 0 unspecified atom stereocenters. The summed E-state index contributed by atoms with van der Waals surface area (Å²) >= 11 is 0. The van der Waals surface area contributed by atoms with E-state index in [1.807, 2.05) is 13.0 Å². The van der Waals surface area contributed by atoms with Crippen LogP contribution in [0.3, 0.4) is 0 Å². The van der Waals surface area contributed by atoms with Gasteiger partial charge >= 0.3 is 0 Å². The molecular formula is C17H18N4O4. The number of rotatable bonds is 4. The van der Waals surface area contributed by atoms with E-state index in [9.17, 15) is 14.9 Å². The molecule has 1 saturated heterocycles. The van der Waals surface area contributed by atoms with Crippen molar-refractivity contribution in [2.24, 2.45) is 0 Å². The van der Waals surface area contributed by atoms with Crippen LogP contribution in [0.15, 0.2) is 36.4 Å². The fourth-order valence-corrected chi connectivity index (χ4v) is 2.61. The molecule has 0 aliphatic carbocycles. The third-order valence-electron chi connectivity index (χ3n) is 3.96. The number of amides is 1. The van der Waals surface area contributed by atoms with Crippen LogP contribution in [0.2, 0.25) is 0 Å². The monoisotopic (exact) mass is 342 g/mol. The third kappa shape index (κ3) is 3.92. The highest BCUT2D eigenvalue weighted by atomic mass is 16.6. The van der Waals surface area contributed by atoms with Crippen LogP contribution in [0.5, 0.6) is 0 Å². The standard InChI is InChI=1S/C17H18N4O4/c1-12-2-7-15(18-16(12)20-8-10-25-11-9-20)19-17(22)13-3-5-14(6-4-13)21(23)24/h2-7H,8-11H2,1H3,(H,18,19,22). The van der Waals surface area contributed by atoms with E-state index < -0.39 is 4.92 Å². The summed E-state index contributed by atoms with van der Waals surface area (Å²) in [6, 6.07) is 9.09. The molecule has 25 heavy (non-hydrogen) atoms. The molecule has 0 saturated carbocycles. The Bertz CT molecular complexity index is 786. The van der Waals surface area contributed by atoms with Crippen molar-refractivity contribution in [2.45, 2.75) is 6.92 Å². The highest BCUT2D eigenvalue weighted by Gasteiger charge is 2.16. The number of hydrogen-bond donors (Lipinski definition) is 1. The van der Waals surface area contributed by atoms with E-state index in [4.69, 9.17) is 4.74 Å². The average molecular weight is 342 g/mol. The average Bonchev–Trinajstić information content (AvgIpc) is 2.64. The normalized spacial score (nSPS) is 14.2. The number of aryl methyl sites for hydroxylation is 1. The third-order valence-corrected chi connectivity index (χ3v) is 3.96. The Morgan fingerprint density at radius 1 is 1.20 bits per heavy atom. The van der Waals surface area contributed by atoms with Gasteiger partial charge in [-0.2, -0.15) is 0 Å². The predicted octanol–water partition coefficient (Wildman–Crippen LogP) is 2.39. The number of hydrogen-bond acceptors (Lipinski definition) is 6. The Labute approximate surface area is 144 Å². The minimum absolute atomic E-state index is 0.0559. The predicted molar refractivity (Wildman–Crippen MR) is 93.1 cm³/mol. The Hall–Kier alpha value is -3.00. The maximum atomic E-state index is 12.3. The van der Waals surface area contributed by atoms with Crippen LogP contribution in [-0.2, 0) is 4.74 Å². The van der Waals surface area contributed by atoms with E-state index in [1.165, 1.54) is 24.3 Å². The quantitative estimate of drug-likeness (QED) is 0.677. The van der Waals surface area contributed by atoms with Gasteiger partial charge in [0.15, 0.2) is 0 Å². The molecule has 1 amide bonds. The summed E-state index contributed by atoms with van der Waals surface area (Å²) < 4.78 is 5.35. The molecule has 1 N–H and O–H groups in total. The zero-order valence-electron chi connectivity index (χ0n) is 13.8. The maximum absolute atomic E-state index is 12.3. The molecular weight excluding hydrogens is 324 g/mol. The molecule has 2 aromatic rings. The first-order chi connectivity index (χ1) is 12.0. The lowest BCUT2D eigenvalue weighted by atomic mass is 10.2. The first-order valence-electron chi connectivity index (χ1n) is 7.91. The van der Waals surface area contributed by atoms with Crippen LogP contribution in [0.4, 0.5) is 17.3 Å². The van der Waals surface area contributed by atoms with Crippen molar-refractivity contribution in [3.63, 3.8) is 0 Å². The van der Waals surface area contributed by atoms with Gasteiger partial charge in [0, 0.05) is 30.8 Å². The summed E-state index contributed by atoms with van der Waals surface area (Å²) in [6.45, 7) is 4.79. The molecule has 0 atom stereocenters. The lowest BCUT2D eigenvalue weighted by molar-refractivity contribution is -0.384. The number of nitro benzene ring substituents is 1. The van der Waals surface area contributed by atoms with Gasteiger partial charge in [-0.25, -0.2) is 4.98 Å². The fraction of sp³-hybridized carbons (Fsp3) is 0.294. The van der Waals surface area contributed by atoms with Crippen molar-refractivity contribution >= 4 is 23.2 Å². The SMILES string of the molecule is Cc1ccc(NC(=O)c2ccc([N+](=O)[O-])cc2)nc1N1CCOCC1. The van der Waals surface area contributed by atoms with Crippen LogP contribution in [0.1, 0.15) is 15.9 Å². The van der Waals surface area contributed by atoms with Crippen LogP contribution in [0.25, 0.3) is 0 Å². The molecule has 1 fully saturated rings. The van der Waals surface area contributed by atoms with Crippen molar-refractivity contribution in [3.8, 4) is 0 Å². The number of carbonyl (C=O) groups excluding carboxylic acids is 1. The van der Waals surface area contributed by atoms with Crippen LogP contribution in [0, 0.1) is 17.0 Å². The molecule has 0 bridgehead atoms. The highest BCUT2D eigenvalue weighted by Crippen LogP contribution is 2.21. The highest BCUT2D eigenvalue weighted by molar-refractivity contribution is 6.03. The first kappa shape index (κ1) is 16.8. The number of ether oxygens (including phenoxy) is 1. The Balaban J connectivity index is 1.75. The second kappa shape index (κ2) is 7.27. The largest absolute Gasteiger partial charge is 0.378 e. The van der Waals surface area contributed by atoms with Gasteiger partial charge in [-0.15, -0.1) is 0 Å². The summed E-state index contributed by atoms with van der Waals surface area (Å²) in [5.74, 6) is 0.902. The summed E-state index contributed by atoms with van der Waals surface area (Å²) in [5, 5.41) is 13.4. The van der Waals surface area contributed by atoms with Crippen molar-refractivity contribution in [2.75, 3.05) is 36.5 Å². The second-order valence-electron chi connectivity index (χ2n) is 5.69. The molecule has 3 rings (SSSR count). The van der Waals surface area contributed by atoms with Gasteiger partial charge in [0.25, 0.3) is 11.6 Å². The number of anilines is 2. The Kier molecular flexibility index (Phi) is 4.90. The summed E-state index contributed by atoms with van der Waals surface area (Å²) in [7, 11) is 0. The van der Waals surface area contributed by atoms with E-state index in [0.717, 1.165) is 24.5 Å². The van der Waals surface area contributed by atoms with Gasteiger partial charge in [0.2, 0.25) is 0 Å². The molecule has 2 heterocycles. The minimum Gasteiger partial charge on any atom is -0.378 e. The van der Waals surface area contributed by atoms with E-state index >= 15 is 0 Å². The minimum atomic E-state index is -0.502. The number of benzene rings is 1. The van der Waals surface area contributed by atoms with Crippen molar-refractivity contribution < 1.29 is 14.5 Å². The summed E-state index contributed by atoms with van der Waals surface area (Å²) in [5.41, 5.74) is 1.30. The lowest BCUT2D eigenvalue weighted by Crippen LogP contribution is -2.37. The molecule has 1 aliphatic heterocycles. The summed E-state index contributed by atoms with van der Waals surface area (Å²) in [6.07, 6.45) is 0. The van der Waals surface area contributed by atoms with Gasteiger partial charge in [-0.1, -0.05) is 6.07 Å². The number of aromatic nitrogens is 1. The number of nitrogens with one attached hydrogen (secondary N) is 1. The molecule has 8 nitrogen and oxygen atoms in total. The smallest absolute Gasteiger partial charge is 0.269 e. The number of carbonyl (C=O) groups is 1. The van der Waals surface area contributed by atoms with E-state index in [0.29, 0.717) is 24.6 Å². The Morgan fingerprint density at radius 2 is 1.88 bits per heavy atom. The molecule has 1 aliphatic rings. The second-order valence-corrected chi connectivity index (χ2v) is 5.69. The molecule has 8 heteroatoms. The number of morpholine rings is 1. The topological polar surface area (TPSA) is 97.6 Å². The number of nitrogens with zero attached hydrogens (tertiary/aromatic N) is 3. The van der Waals surface area contributed by atoms with Gasteiger partial charge in [-0.05, 0) is 30.7 Å². The fourth-order valence-electron chi connectivity index (χ4n) is 2.61. The molecule has 0 radical (unpaired) electrons. The van der Waals surface area contributed by atoms with Crippen LogP contribution in [-0.4, -0.2) is 42.1 Å².